The van der Waals surface area contributed by atoms with Gasteiger partial charge in [-0.2, -0.15) is 0 Å². The van der Waals surface area contributed by atoms with Crippen LogP contribution in [0.5, 0.6) is 0 Å². The van der Waals surface area contributed by atoms with Crippen molar-refractivity contribution in [3.05, 3.63) is 47.5 Å². The molecule has 126 valence electrons. The highest BCUT2D eigenvalue weighted by atomic mass is 35.7. The first-order valence-electron chi connectivity index (χ1n) is 6.90. The molecule has 0 fully saturated rings. The van der Waals surface area contributed by atoms with Gasteiger partial charge in [-0.3, -0.25) is 9.59 Å². The Bertz CT molecular complexity index is 1150. The Hall–Kier alpha value is -2.91. The third kappa shape index (κ3) is 2.20. The second-order valence-electron chi connectivity index (χ2n) is 5.32. The molecular formula is C15H8ClN3O5S. The lowest BCUT2D eigenvalue weighted by atomic mass is 10.1. The summed E-state index contributed by atoms with van der Waals surface area (Å²) in [5.74, 6) is -1.28. The third-order valence-electron chi connectivity index (χ3n) is 3.85. The van der Waals surface area contributed by atoms with Crippen molar-refractivity contribution in [1.82, 2.24) is 5.16 Å². The molecule has 1 aliphatic rings. The summed E-state index contributed by atoms with van der Waals surface area (Å²) >= 11 is 0. The number of benzene rings is 2. The monoisotopic (exact) mass is 377 g/mol. The fourth-order valence-electron chi connectivity index (χ4n) is 2.72. The first kappa shape index (κ1) is 15.6. The van der Waals surface area contributed by atoms with E-state index in [0.29, 0.717) is 0 Å². The molecule has 2 N–H and O–H groups in total. The highest BCUT2D eigenvalue weighted by molar-refractivity contribution is 8.13. The number of hydrogen-bond donors (Lipinski definition) is 1. The van der Waals surface area contributed by atoms with E-state index in [-0.39, 0.29) is 38.5 Å². The first-order valence-corrected chi connectivity index (χ1v) is 9.21. The molecule has 1 aliphatic heterocycles. The predicted octanol–water partition coefficient (Wildman–Crippen LogP) is 2.14. The van der Waals surface area contributed by atoms with Gasteiger partial charge in [-0.15, -0.1) is 0 Å². The zero-order valence-corrected chi connectivity index (χ0v) is 13.8. The van der Waals surface area contributed by atoms with Crippen molar-refractivity contribution >= 4 is 54.0 Å². The fraction of sp³-hybridized carbons (Fsp3) is 0. The highest BCUT2D eigenvalue weighted by Gasteiger charge is 2.39. The van der Waals surface area contributed by atoms with Gasteiger partial charge in [0.25, 0.3) is 20.9 Å². The summed E-state index contributed by atoms with van der Waals surface area (Å²) in [7, 11) is 1.23. The lowest BCUT2D eigenvalue weighted by Crippen LogP contribution is -2.29. The van der Waals surface area contributed by atoms with E-state index < -0.39 is 20.9 Å². The van der Waals surface area contributed by atoms with Crippen LogP contribution in [-0.2, 0) is 9.05 Å². The number of aromatic nitrogens is 1. The minimum atomic E-state index is -4.13. The number of imide groups is 1. The van der Waals surface area contributed by atoms with Gasteiger partial charge in [-0.25, -0.2) is 13.3 Å². The van der Waals surface area contributed by atoms with Crippen molar-refractivity contribution in [2.24, 2.45) is 0 Å². The van der Waals surface area contributed by atoms with E-state index >= 15 is 0 Å². The molecule has 0 bridgehead atoms. The number of nitrogens with zero attached hydrogens (tertiary/aromatic N) is 2. The number of fused-ring (bicyclic) bond motifs is 2. The Morgan fingerprint density at radius 2 is 1.68 bits per heavy atom. The highest BCUT2D eigenvalue weighted by Crippen LogP contribution is 2.36. The second-order valence-corrected chi connectivity index (χ2v) is 7.86. The quantitative estimate of drug-likeness (QED) is 0.412. The number of nitrogens with two attached hydrogens (primary N) is 1. The summed E-state index contributed by atoms with van der Waals surface area (Å²) in [4.78, 5) is 25.6. The van der Waals surface area contributed by atoms with Crippen molar-refractivity contribution in [3.63, 3.8) is 0 Å². The number of rotatable bonds is 2. The van der Waals surface area contributed by atoms with Gasteiger partial charge in [0.05, 0.1) is 22.2 Å². The maximum Gasteiger partial charge on any atom is 0.267 e. The fourth-order valence-corrected chi connectivity index (χ4v) is 3.72. The number of halogens is 1. The van der Waals surface area contributed by atoms with E-state index in [4.69, 9.17) is 20.9 Å². The molecule has 0 saturated heterocycles. The van der Waals surface area contributed by atoms with Crippen molar-refractivity contribution in [1.29, 1.82) is 0 Å². The number of amides is 2. The molecule has 0 radical (unpaired) electrons. The summed E-state index contributed by atoms with van der Waals surface area (Å²) in [6.07, 6.45) is 0. The van der Waals surface area contributed by atoms with E-state index in [1.54, 1.807) is 12.1 Å². The number of nitrogen functional groups attached to an aromatic ring is 1. The van der Waals surface area contributed by atoms with Gasteiger partial charge in [-0.1, -0.05) is 17.3 Å². The van der Waals surface area contributed by atoms with Gasteiger partial charge in [0.2, 0.25) is 0 Å². The standard InChI is InChI=1S/C15H8ClN3O5S/c16-25(22,23)12-5-9-11(6-10(12)17)24-18-13(9)19-14(20)7-3-1-2-4-8(7)15(19)21/h1-6H,17H2. The molecule has 0 unspecified atom stereocenters. The number of carbonyl (C=O) groups is 2. The number of anilines is 2. The van der Waals surface area contributed by atoms with Crippen molar-refractivity contribution in [3.8, 4) is 0 Å². The van der Waals surface area contributed by atoms with Crippen LogP contribution in [0.2, 0.25) is 0 Å². The molecule has 0 saturated carbocycles. The van der Waals surface area contributed by atoms with E-state index in [9.17, 15) is 18.0 Å². The summed E-state index contributed by atoms with van der Waals surface area (Å²) in [6.45, 7) is 0. The molecule has 0 atom stereocenters. The van der Waals surface area contributed by atoms with Crippen molar-refractivity contribution < 1.29 is 22.5 Å². The summed E-state index contributed by atoms with van der Waals surface area (Å²) < 4.78 is 28.4. The van der Waals surface area contributed by atoms with Gasteiger partial charge < -0.3 is 10.3 Å². The van der Waals surface area contributed by atoms with E-state index in [0.717, 1.165) is 11.0 Å². The van der Waals surface area contributed by atoms with Crippen LogP contribution in [0.4, 0.5) is 11.5 Å². The zero-order chi connectivity index (χ0) is 17.9. The number of hydrogen-bond acceptors (Lipinski definition) is 7. The smallest absolute Gasteiger partial charge is 0.267 e. The maximum atomic E-state index is 12.6. The molecule has 0 aliphatic carbocycles. The minimum Gasteiger partial charge on any atom is -0.398 e. The van der Waals surface area contributed by atoms with Crippen molar-refractivity contribution in [2.75, 3.05) is 10.6 Å². The molecule has 8 nitrogen and oxygen atoms in total. The molecule has 3 aromatic rings. The number of carbonyl (C=O) groups excluding carboxylic acids is 2. The molecule has 2 amide bonds. The molecule has 1 aromatic heterocycles. The van der Waals surface area contributed by atoms with Crippen LogP contribution in [0.15, 0.2) is 45.8 Å². The van der Waals surface area contributed by atoms with Crippen LogP contribution in [0.25, 0.3) is 11.0 Å². The van der Waals surface area contributed by atoms with Crippen LogP contribution in [-0.4, -0.2) is 25.4 Å². The molecule has 0 spiro atoms. The molecule has 2 aromatic carbocycles. The topological polar surface area (TPSA) is 124 Å². The van der Waals surface area contributed by atoms with E-state index in [1.165, 1.54) is 18.2 Å². The van der Waals surface area contributed by atoms with Crippen LogP contribution in [0.1, 0.15) is 20.7 Å². The normalized spacial score (nSPS) is 14.4. The first-order chi connectivity index (χ1) is 11.8. The van der Waals surface area contributed by atoms with E-state index in [2.05, 4.69) is 5.16 Å². The summed E-state index contributed by atoms with van der Waals surface area (Å²) in [5.41, 5.74) is 6.10. The van der Waals surface area contributed by atoms with Gasteiger partial charge in [0.15, 0.2) is 11.4 Å². The van der Waals surface area contributed by atoms with Gasteiger partial charge in [-0.05, 0) is 18.2 Å². The molecule has 4 rings (SSSR count). The average Bonchev–Trinajstić information content (AvgIpc) is 3.05. The SMILES string of the molecule is Nc1cc2onc(N3C(=O)c4ccccc4C3=O)c2cc1S(=O)(=O)Cl. The molecule has 10 heteroatoms. The Balaban J connectivity index is 1.95. The largest absolute Gasteiger partial charge is 0.398 e. The van der Waals surface area contributed by atoms with Crippen LogP contribution < -0.4 is 10.6 Å². The average molecular weight is 378 g/mol. The van der Waals surface area contributed by atoms with Crippen molar-refractivity contribution in [2.45, 2.75) is 4.90 Å². The van der Waals surface area contributed by atoms with Crippen LogP contribution in [0.3, 0.4) is 0 Å². The van der Waals surface area contributed by atoms with Gasteiger partial charge in [0, 0.05) is 16.7 Å². The van der Waals surface area contributed by atoms with Crippen LogP contribution in [0, 0.1) is 0 Å². The lowest BCUT2D eigenvalue weighted by molar-refractivity contribution is 0.0924. The Morgan fingerprint density at radius 3 is 2.24 bits per heavy atom. The lowest BCUT2D eigenvalue weighted by Gasteiger charge is -2.10. The molecule has 2 heterocycles. The van der Waals surface area contributed by atoms with E-state index in [1.807, 2.05) is 0 Å². The Labute approximate surface area is 145 Å². The zero-order valence-electron chi connectivity index (χ0n) is 12.3. The third-order valence-corrected chi connectivity index (χ3v) is 5.23. The Morgan fingerprint density at radius 1 is 1.08 bits per heavy atom. The summed E-state index contributed by atoms with van der Waals surface area (Å²) in [5, 5.41) is 3.87. The van der Waals surface area contributed by atoms with Crippen LogP contribution >= 0.6 is 10.7 Å². The Kier molecular flexibility index (Phi) is 3.15. The molecule has 25 heavy (non-hydrogen) atoms. The van der Waals surface area contributed by atoms with Gasteiger partial charge in [0.1, 0.15) is 4.90 Å². The molecular weight excluding hydrogens is 370 g/mol. The minimum absolute atomic E-state index is 0.119. The summed E-state index contributed by atoms with van der Waals surface area (Å²) in [6, 6.07) is 8.65. The predicted molar refractivity (Wildman–Crippen MR) is 89.0 cm³/mol. The maximum absolute atomic E-state index is 12.6. The second kappa shape index (κ2) is 5.04. The van der Waals surface area contributed by atoms with Gasteiger partial charge >= 0.3 is 0 Å².